The summed E-state index contributed by atoms with van der Waals surface area (Å²) in [4.78, 5) is 11.8. The fourth-order valence-corrected chi connectivity index (χ4v) is 2.46. The third-order valence-corrected chi connectivity index (χ3v) is 3.66. The number of halogens is 4. The molecule has 0 spiro atoms. The maximum absolute atomic E-state index is 12.8. The van der Waals surface area contributed by atoms with Gasteiger partial charge in [-0.1, -0.05) is 15.9 Å². The summed E-state index contributed by atoms with van der Waals surface area (Å²) in [6.45, 7) is 1.82. The minimum absolute atomic E-state index is 0.0622. The molecule has 1 aliphatic heterocycles. The molecule has 8 heteroatoms. The zero-order valence-electron chi connectivity index (χ0n) is 11.0. The van der Waals surface area contributed by atoms with E-state index in [4.69, 9.17) is 4.74 Å². The van der Waals surface area contributed by atoms with E-state index >= 15 is 0 Å². The van der Waals surface area contributed by atoms with Crippen molar-refractivity contribution >= 4 is 27.5 Å². The molecule has 1 aromatic rings. The summed E-state index contributed by atoms with van der Waals surface area (Å²) in [5, 5.41) is 5.54. The van der Waals surface area contributed by atoms with Gasteiger partial charge in [-0.05, 0) is 18.2 Å². The van der Waals surface area contributed by atoms with E-state index in [2.05, 4.69) is 26.6 Å². The van der Waals surface area contributed by atoms with Crippen molar-refractivity contribution < 1.29 is 22.7 Å². The van der Waals surface area contributed by atoms with Crippen molar-refractivity contribution in [2.75, 3.05) is 25.0 Å². The molecule has 1 heterocycles. The molecule has 21 heavy (non-hydrogen) atoms. The summed E-state index contributed by atoms with van der Waals surface area (Å²) in [6.07, 6.45) is -4.63. The van der Waals surface area contributed by atoms with Crippen LogP contribution in [0.2, 0.25) is 0 Å². The van der Waals surface area contributed by atoms with Gasteiger partial charge in [0.1, 0.15) is 0 Å². The van der Waals surface area contributed by atoms with Crippen LogP contribution >= 0.6 is 15.9 Å². The normalized spacial score (nSPS) is 19.3. The van der Waals surface area contributed by atoms with Crippen LogP contribution in [-0.2, 0) is 15.7 Å². The lowest BCUT2D eigenvalue weighted by Gasteiger charge is -2.23. The zero-order chi connectivity index (χ0) is 15.5. The van der Waals surface area contributed by atoms with Crippen LogP contribution in [0.3, 0.4) is 0 Å². The number of hydrogen-bond donors (Lipinski definition) is 2. The van der Waals surface area contributed by atoms with Gasteiger partial charge in [-0.3, -0.25) is 4.79 Å². The lowest BCUT2D eigenvalue weighted by molar-refractivity contribution is -0.138. The Labute approximate surface area is 128 Å². The minimum Gasteiger partial charge on any atom is -0.375 e. The van der Waals surface area contributed by atoms with Crippen molar-refractivity contribution in [1.82, 2.24) is 5.32 Å². The van der Waals surface area contributed by atoms with Crippen LogP contribution in [-0.4, -0.2) is 31.7 Å². The van der Waals surface area contributed by atoms with E-state index in [1.807, 2.05) is 0 Å². The molecule has 1 aliphatic rings. The minimum atomic E-state index is -4.48. The van der Waals surface area contributed by atoms with Gasteiger partial charge < -0.3 is 15.4 Å². The third kappa shape index (κ3) is 4.69. The molecule has 1 fully saturated rings. The lowest BCUT2D eigenvalue weighted by Crippen LogP contribution is -2.40. The fourth-order valence-electron chi connectivity index (χ4n) is 1.99. The van der Waals surface area contributed by atoms with Crippen LogP contribution in [0.4, 0.5) is 18.9 Å². The summed E-state index contributed by atoms with van der Waals surface area (Å²) in [5.41, 5.74) is -0.713. The molecule has 4 nitrogen and oxygen atoms in total. The maximum Gasteiger partial charge on any atom is 0.417 e. The standard InChI is InChI=1S/C13H14BrF3N2O2/c14-11-2-1-8(5-10(11)13(15,16)17)19-12(20)6-9-7-18-3-4-21-9/h1-2,5,9,18H,3-4,6-7H2,(H,19,20). The summed E-state index contributed by atoms with van der Waals surface area (Å²) >= 11 is 2.85. The van der Waals surface area contributed by atoms with Crippen molar-refractivity contribution in [3.8, 4) is 0 Å². The van der Waals surface area contributed by atoms with E-state index in [0.29, 0.717) is 13.2 Å². The smallest absolute Gasteiger partial charge is 0.375 e. The highest BCUT2D eigenvalue weighted by atomic mass is 79.9. The van der Waals surface area contributed by atoms with E-state index in [0.717, 1.165) is 12.6 Å². The summed E-state index contributed by atoms with van der Waals surface area (Å²) in [5.74, 6) is -0.376. The van der Waals surface area contributed by atoms with E-state index in [1.165, 1.54) is 12.1 Å². The maximum atomic E-state index is 12.8. The first kappa shape index (κ1) is 16.3. The number of amides is 1. The Balaban J connectivity index is 2.00. The van der Waals surface area contributed by atoms with Crippen molar-refractivity contribution in [3.63, 3.8) is 0 Å². The highest BCUT2D eigenvalue weighted by molar-refractivity contribution is 9.10. The number of anilines is 1. The second-order valence-corrected chi connectivity index (χ2v) is 5.50. The van der Waals surface area contributed by atoms with E-state index < -0.39 is 11.7 Å². The van der Waals surface area contributed by atoms with Gasteiger partial charge in [0.05, 0.1) is 24.7 Å². The van der Waals surface area contributed by atoms with E-state index in [-0.39, 0.29) is 28.6 Å². The van der Waals surface area contributed by atoms with Gasteiger partial charge in [0, 0.05) is 23.2 Å². The number of ether oxygens (including phenoxy) is 1. The molecule has 0 radical (unpaired) electrons. The average molecular weight is 367 g/mol. The molecular weight excluding hydrogens is 353 g/mol. The first-order chi connectivity index (χ1) is 9.86. The molecule has 1 atom stereocenters. The van der Waals surface area contributed by atoms with E-state index in [9.17, 15) is 18.0 Å². The highest BCUT2D eigenvalue weighted by Crippen LogP contribution is 2.36. The molecule has 1 aromatic carbocycles. The summed E-state index contributed by atoms with van der Waals surface area (Å²) < 4.78 is 43.6. The summed E-state index contributed by atoms with van der Waals surface area (Å²) in [7, 11) is 0. The largest absolute Gasteiger partial charge is 0.417 e. The molecular formula is C13H14BrF3N2O2. The van der Waals surface area contributed by atoms with Gasteiger partial charge in [-0.2, -0.15) is 13.2 Å². The molecule has 116 valence electrons. The monoisotopic (exact) mass is 366 g/mol. The Hall–Kier alpha value is -1.12. The number of rotatable bonds is 3. The average Bonchev–Trinajstić information content (AvgIpc) is 2.41. The molecule has 2 rings (SSSR count). The van der Waals surface area contributed by atoms with Gasteiger partial charge in [0.2, 0.25) is 5.91 Å². The van der Waals surface area contributed by atoms with E-state index in [1.54, 1.807) is 0 Å². The van der Waals surface area contributed by atoms with Crippen molar-refractivity contribution in [2.24, 2.45) is 0 Å². The second kappa shape index (κ2) is 6.76. The number of alkyl halides is 3. The highest BCUT2D eigenvalue weighted by Gasteiger charge is 2.33. The van der Waals surface area contributed by atoms with Crippen LogP contribution in [0.1, 0.15) is 12.0 Å². The van der Waals surface area contributed by atoms with Crippen molar-refractivity contribution in [3.05, 3.63) is 28.2 Å². The van der Waals surface area contributed by atoms with Gasteiger partial charge in [-0.15, -0.1) is 0 Å². The van der Waals surface area contributed by atoms with Crippen LogP contribution in [0.5, 0.6) is 0 Å². The Morgan fingerprint density at radius 1 is 1.48 bits per heavy atom. The van der Waals surface area contributed by atoms with Crippen LogP contribution in [0, 0.1) is 0 Å². The Morgan fingerprint density at radius 2 is 2.24 bits per heavy atom. The first-order valence-electron chi connectivity index (χ1n) is 6.35. The Bertz CT molecular complexity index is 517. The quantitative estimate of drug-likeness (QED) is 0.864. The molecule has 0 aliphatic carbocycles. The zero-order valence-corrected chi connectivity index (χ0v) is 12.6. The molecule has 0 bridgehead atoms. The van der Waals surface area contributed by atoms with Crippen LogP contribution < -0.4 is 10.6 Å². The predicted molar refractivity (Wildman–Crippen MR) is 75.0 cm³/mol. The number of carbonyl (C=O) groups excluding carboxylic acids is 1. The van der Waals surface area contributed by atoms with Crippen molar-refractivity contribution in [2.45, 2.75) is 18.7 Å². The van der Waals surface area contributed by atoms with Gasteiger partial charge >= 0.3 is 6.18 Å². The number of morpholine rings is 1. The van der Waals surface area contributed by atoms with Gasteiger partial charge in [0.25, 0.3) is 0 Å². The second-order valence-electron chi connectivity index (χ2n) is 4.64. The number of benzene rings is 1. The Morgan fingerprint density at radius 3 is 2.86 bits per heavy atom. The topological polar surface area (TPSA) is 50.4 Å². The van der Waals surface area contributed by atoms with Crippen LogP contribution in [0.15, 0.2) is 22.7 Å². The summed E-state index contributed by atoms with van der Waals surface area (Å²) in [6, 6.07) is 3.58. The van der Waals surface area contributed by atoms with Gasteiger partial charge in [-0.25, -0.2) is 0 Å². The molecule has 1 saturated heterocycles. The fraction of sp³-hybridized carbons (Fsp3) is 0.462. The molecule has 0 saturated carbocycles. The molecule has 0 aromatic heterocycles. The van der Waals surface area contributed by atoms with Gasteiger partial charge in [0.15, 0.2) is 0 Å². The third-order valence-electron chi connectivity index (χ3n) is 2.97. The molecule has 2 N–H and O–H groups in total. The number of hydrogen-bond acceptors (Lipinski definition) is 3. The molecule has 1 unspecified atom stereocenters. The number of carbonyl (C=O) groups is 1. The predicted octanol–water partition coefficient (Wildman–Crippen LogP) is 2.78. The van der Waals surface area contributed by atoms with Crippen molar-refractivity contribution in [1.29, 1.82) is 0 Å². The Kier molecular flexibility index (Phi) is 5.23. The first-order valence-corrected chi connectivity index (χ1v) is 7.14. The molecule has 1 amide bonds. The van der Waals surface area contributed by atoms with Crippen LogP contribution in [0.25, 0.3) is 0 Å². The SMILES string of the molecule is O=C(CC1CNCCO1)Nc1ccc(Br)c(C(F)(F)F)c1. The number of nitrogens with one attached hydrogen (secondary N) is 2. The lowest BCUT2D eigenvalue weighted by atomic mass is 10.1.